The summed E-state index contributed by atoms with van der Waals surface area (Å²) in [6.07, 6.45) is 3.84. The number of fused-ring (bicyclic) bond motifs is 1. The van der Waals surface area contributed by atoms with Gasteiger partial charge in [-0.05, 0) is 51.1 Å². The Labute approximate surface area is 202 Å². The minimum absolute atomic E-state index is 0. The van der Waals surface area contributed by atoms with E-state index in [1.54, 1.807) is 11.3 Å². The van der Waals surface area contributed by atoms with E-state index >= 15 is 0 Å². The molecule has 2 aliphatic heterocycles. The molecular formula is C23H34IN5S. The molecule has 3 heterocycles. The maximum Gasteiger partial charge on any atom is 0.194 e. The van der Waals surface area contributed by atoms with Crippen molar-refractivity contribution in [3.8, 4) is 0 Å². The molecule has 1 N–H and O–H groups in total. The SMILES string of the molecule is CN=C(NCc1nc(C)c(C)s1)N1CCC2C(CCCN2Cc2ccccc2)C1.I. The predicted octanol–water partition coefficient (Wildman–Crippen LogP) is 4.44. The average Bonchev–Trinajstić information content (AvgIpc) is 3.06. The zero-order valence-electron chi connectivity index (χ0n) is 18.3. The minimum Gasteiger partial charge on any atom is -0.350 e. The molecule has 2 aromatic rings. The third-order valence-electron chi connectivity index (χ3n) is 6.39. The first kappa shape index (κ1) is 23.5. The largest absolute Gasteiger partial charge is 0.350 e. The van der Waals surface area contributed by atoms with Crippen molar-refractivity contribution in [3.63, 3.8) is 0 Å². The van der Waals surface area contributed by atoms with Gasteiger partial charge >= 0.3 is 0 Å². The first-order valence-electron chi connectivity index (χ1n) is 10.8. The number of guanidine groups is 1. The van der Waals surface area contributed by atoms with Crippen molar-refractivity contribution in [2.75, 3.05) is 26.7 Å². The number of rotatable bonds is 4. The van der Waals surface area contributed by atoms with Crippen LogP contribution in [0.1, 0.15) is 40.4 Å². The van der Waals surface area contributed by atoms with Gasteiger partial charge in [0.1, 0.15) is 5.01 Å². The third-order valence-corrected chi connectivity index (χ3v) is 7.47. The number of aliphatic imine (C=N–C) groups is 1. The van der Waals surface area contributed by atoms with Crippen LogP contribution in [0.2, 0.25) is 0 Å². The van der Waals surface area contributed by atoms with Crippen LogP contribution in [-0.4, -0.2) is 53.5 Å². The van der Waals surface area contributed by atoms with Crippen molar-refractivity contribution in [2.45, 2.75) is 52.2 Å². The number of hydrogen-bond donors (Lipinski definition) is 1. The summed E-state index contributed by atoms with van der Waals surface area (Å²) >= 11 is 1.78. The molecule has 1 aromatic carbocycles. The van der Waals surface area contributed by atoms with Gasteiger partial charge in [0.2, 0.25) is 0 Å². The van der Waals surface area contributed by atoms with Crippen molar-refractivity contribution >= 4 is 41.3 Å². The van der Waals surface area contributed by atoms with E-state index in [2.05, 4.69) is 69.3 Å². The molecule has 0 bridgehead atoms. The molecule has 2 atom stereocenters. The van der Waals surface area contributed by atoms with Crippen molar-refractivity contribution in [3.05, 3.63) is 51.5 Å². The van der Waals surface area contributed by atoms with Crippen LogP contribution >= 0.6 is 35.3 Å². The van der Waals surface area contributed by atoms with Gasteiger partial charge in [-0.3, -0.25) is 9.89 Å². The monoisotopic (exact) mass is 539 g/mol. The fourth-order valence-electron chi connectivity index (χ4n) is 4.81. The summed E-state index contributed by atoms with van der Waals surface area (Å²) in [5.41, 5.74) is 2.57. The normalized spacial score (nSPS) is 22.4. The van der Waals surface area contributed by atoms with Gasteiger partial charge in [-0.1, -0.05) is 30.3 Å². The molecule has 7 heteroatoms. The molecule has 1 aromatic heterocycles. The maximum absolute atomic E-state index is 4.65. The molecule has 0 aliphatic carbocycles. The summed E-state index contributed by atoms with van der Waals surface area (Å²) in [7, 11) is 1.90. The highest BCUT2D eigenvalue weighted by Crippen LogP contribution is 2.31. The summed E-state index contributed by atoms with van der Waals surface area (Å²) in [6.45, 7) is 9.47. The molecule has 30 heavy (non-hydrogen) atoms. The topological polar surface area (TPSA) is 43.8 Å². The fraction of sp³-hybridized carbons (Fsp3) is 0.565. The van der Waals surface area contributed by atoms with Crippen LogP contribution in [0.5, 0.6) is 0 Å². The Balaban J connectivity index is 0.00000256. The van der Waals surface area contributed by atoms with Crippen molar-refractivity contribution in [1.29, 1.82) is 0 Å². The summed E-state index contributed by atoms with van der Waals surface area (Å²) in [4.78, 5) is 15.7. The Hall–Kier alpha value is -1.19. The lowest BCUT2D eigenvalue weighted by Gasteiger charge is -2.48. The Morgan fingerprint density at radius 2 is 2.00 bits per heavy atom. The molecule has 5 nitrogen and oxygen atoms in total. The van der Waals surface area contributed by atoms with Crippen LogP contribution in [0.4, 0.5) is 0 Å². The Kier molecular flexibility index (Phi) is 8.53. The molecule has 2 unspecified atom stereocenters. The lowest BCUT2D eigenvalue weighted by atomic mass is 9.83. The lowest BCUT2D eigenvalue weighted by Crippen LogP contribution is -2.56. The fourth-order valence-corrected chi connectivity index (χ4v) is 5.69. The summed E-state index contributed by atoms with van der Waals surface area (Å²) in [5, 5.41) is 4.69. The lowest BCUT2D eigenvalue weighted by molar-refractivity contribution is 0.0372. The molecule has 0 amide bonds. The van der Waals surface area contributed by atoms with E-state index < -0.39 is 0 Å². The van der Waals surface area contributed by atoms with Gasteiger partial charge in [0.25, 0.3) is 0 Å². The quantitative estimate of drug-likeness (QED) is 0.355. The molecule has 2 saturated heterocycles. The first-order valence-corrected chi connectivity index (χ1v) is 11.6. The van der Waals surface area contributed by atoms with Crippen LogP contribution in [0.25, 0.3) is 0 Å². The van der Waals surface area contributed by atoms with Crippen LogP contribution in [0.3, 0.4) is 0 Å². The zero-order chi connectivity index (χ0) is 20.2. The van der Waals surface area contributed by atoms with E-state index in [0.717, 1.165) is 48.8 Å². The van der Waals surface area contributed by atoms with Gasteiger partial charge < -0.3 is 10.2 Å². The van der Waals surface area contributed by atoms with Gasteiger partial charge in [0.05, 0.1) is 12.2 Å². The molecular weight excluding hydrogens is 505 g/mol. The van der Waals surface area contributed by atoms with Gasteiger partial charge in [-0.2, -0.15) is 0 Å². The molecule has 2 fully saturated rings. The summed E-state index contributed by atoms with van der Waals surface area (Å²) in [6, 6.07) is 11.6. The summed E-state index contributed by atoms with van der Waals surface area (Å²) < 4.78 is 0. The molecule has 0 radical (unpaired) electrons. The Morgan fingerprint density at radius 1 is 1.20 bits per heavy atom. The van der Waals surface area contributed by atoms with E-state index in [1.165, 1.54) is 36.2 Å². The predicted molar refractivity (Wildman–Crippen MR) is 137 cm³/mol. The minimum atomic E-state index is 0. The standard InChI is InChI=1S/C23H33N5S.HI/c1-17-18(2)29-22(26-17)14-25-23(24-3)28-13-11-21-20(16-28)10-7-12-27(21)15-19-8-5-4-6-9-19;/h4-6,8-9,20-21H,7,10-16H2,1-3H3,(H,24,25);1H. The Bertz CT molecular complexity index is 818. The first-order chi connectivity index (χ1) is 14.1. The zero-order valence-corrected chi connectivity index (χ0v) is 21.5. The molecule has 0 spiro atoms. The van der Waals surface area contributed by atoms with Crippen LogP contribution in [0, 0.1) is 19.8 Å². The molecule has 0 saturated carbocycles. The maximum atomic E-state index is 4.65. The van der Waals surface area contributed by atoms with Crippen molar-refractivity contribution in [1.82, 2.24) is 20.1 Å². The number of nitrogens with zero attached hydrogens (tertiary/aromatic N) is 4. The number of aromatic nitrogens is 1. The van der Waals surface area contributed by atoms with Crippen LogP contribution in [-0.2, 0) is 13.1 Å². The van der Waals surface area contributed by atoms with E-state index in [4.69, 9.17) is 0 Å². The molecule has 2 aliphatic rings. The number of halogens is 1. The molecule has 4 rings (SSSR count). The number of benzene rings is 1. The van der Waals surface area contributed by atoms with Crippen LogP contribution in [0.15, 0.2) is 35.3 Å². The number of thiazole rings is 1. The number of likely N-dealkylation sites (tertiary alicyclic amines) is 2. The van der Waals surface area contributed by atoms with E-state index in [9.17, 15) is 0 Å². The van der Waals surface area contributed by atoms with Crippen molar-refractivity contribution in [2.24, 2.45) is 10.9 Å². The van der Waals surface area contributed by atoms with E-state index in [0.29, 0.717) is 6.04 Å². The summed E-state index contributed by atoms with van der Waals surface area (Å²) in [5.74, 6) is 1.75. The van der Waals surface area contributed by atoms with Gasteiger partial charge in [0, 0.05) is 37.6 Å². The Morgan fingerprint density at radius 3 is 2.70 bits per heavy atom. The average molecular weight is 540 g/mol. The second-order valence-electron chi connectivity index (χ2n) is 8.31. The van der Waals surface area contributed by atoms with Gasteiger partial charge in [0.15, 0.2) is 5.96 Å². The van der Waals surface area contributed by atoms with E-state index in [-0.39, 0.29) is 24.0 Å². The number of piperidine rings is 2. The molecule has 164 valence electrons. The number of hydrogen-bond acceptors (Lipinski definition) is 4. The smallest absolute Gasteiger partial charge is 0.194 e. The van der Waals surface area contributed by atoms with Crippen molar-refractivity contribution < 1.29 is 0 Å². The van der Waals surface area contributed by atoms with E-state index in [1.807, 2.05) is 7.05 Å². The van der Waals surface area contributed by atoms with Gasteiger partial charge in [-0.15, -0.1) is 35.3 Å². The number of nitrogens with one attached hydrogen (secondary N) is 1. The number of aryl methyl sites for hydroxylation is 2. The second-order valence-corrected chi connectivity index (χ2v) is 9.60. The highest BCUT2D eigenvalue weighted by atomic mass is 127. The highest BCUT2D eigenvalue weighted by Gasteiger charge is 2.36. The highest BCUT2D eigenvalue weighted by molar-refractivity contribution is 14.0. The van der Waals surface area contributed by atoms with Gasteiger partial charge in [-0.25, -0.2) is 4.98 Å². The second kappa shape index (κ2) is 10.9. The van der Waals surface area contributed by atoms with Crippen LogP contribution < -0.4 is 5.32 Å². The third kappa shape index (κ3) is 5.53.